The SMILES string of the molecule is COc1ccc(Br)c(C=Nc2ccc3oc(-c4cccc5ccccc45)nc3c2)c1O. The molecule has 0 radical (unpaired) electrons. The number of aliphatic imine (C=N–C) groups is 1. The molecule has 0 bridgehead atoms. The van der Waals surface area contributed by atoms with Gasteiger partial charge >= 0.3 is 0 Å². The molecule has 0 atom stereocenters. The second-order valence-corrected chi connectivity index (χ2v) is 7.82. The van der Waals surface area contributed by atoms with E-state index < -0.39 is 0 Å². The Morgan fingerprint density at radius 2 is 1.87 bits per heavy atom. The number of halogens is 1. The monoisotopic (exact) mass is 472 g/mol. The fourth-order valence-electron chi connectivity index (χ4n) is 3.51. The van der Waals surface area contributed by atoms with Gasteiger partial charge < -0.3 is 14.3 Å². The second kappa shape index (κ2) is 7.89. The van der Waals surface area contributed by atoms with Crippen LogP contribution >= 0.6 is 15.9 Å². The summed E-state index contributed by atoms with van der Waals surface area (Å²) in [6, 6.07) is 23.3. The van der Waals surface area contributed by atoms with Crippen molar-refractivity contribution in [2.75, 3.05) is 7.11 Å². The van der Waals surface area contributed by atoms with Crippen molar-refractivity contribution in [1.29, 1.82) is 0 Å². The van der Waals surface area contributed by atoms with Gasteiger partial charge in [0.25, 0.3) is 0 Å². The molecule has 0 aliphatic carbocycles. The molecular weight excluding hydrogens is 456 g/mol. The Kier molecular flexibility index (Phi) is 4.92. The molecule has 0 fully saturated rings. The molecule has 0 amide bonds. The van der Waals surface area contributed by atoms with Gasteiger partial charge in [0.15, 0.2) is 17.1 Å². The Morgan fingerprint density at radius 1 is 1.03 bits per heavy atom. The van der Waals surface area contributed by atoms with Crippen molar-refractivity contribution in [2.45, 2.75) is 0 Å². The molecule has 5 rings (SSSR count). The van der Waals surface area contributed by atoms with Crippen LogP contribution in [0, 0.1) is 0 Å². The molecule has 0 aliphatic rings. The summed E-state index contributed by atoms with van der Waals surface area (Å²) in [5.74, 6) is 0.985. The molecule has 6 heteroatoms. The number of hydrogen-bond donors (Lipinski definition) is 1. The highest BCUT2D eigenvalue weighted by atomic mass is 79.9. The summed E-state index contributed by atoms with van der Waals surface area (Å²) in [7, 11) is 1.51. The van der Waals surface area contributed by atoms with E-state index in [0.717, 1.165) is 20.8 Å². The van der Waals surface area contributed by atoms with Crippen LogP contribution in [0.5, 0.6) is 11.5 Å². The number of rotatable bonds is 4. The lowest BCUT2D eigenvalue weighted by Gasteiger charge is -2.07. The normalized spacial score (nSPS) is 11.5. The van der Waals surface area contributed by atoms with Gasteiger partial charge in [-0.1, -0.05) is 36.4 Å². The van der Waals surface area contributed by atoms with Crippen LogP contribution in [0.15, 0.2) is 86.7 Å². The van der Waals surface area contributed by atoms with Gasteiger partial charge in [-0.3, -0.25) is 4.99 Å². The maximum atomic E-state index is 10.4. The minimum absolute atomic E-state index is 0.0291. The number of benzene rings is 4. The molecule has 1 heterocycles. The van der Waals surface area contributed by atoms with Gasteiger partial charge in [-0.25, -0.2) is 4.98 Å². The van der Waals surface area contributed by atoms with Gasteiger partial charge in [0, 0.05) is 16.3 Å². The minimum atomic E-state index is 0.0291. The largest absolute Gasteiger partial charge is 0.504 e. The number of aromatic nitrogens is 1. The zero-order chi connectivity index (χ0) is 21.4. The van der Waals surface area contributed by atoms with E-state index in [9.17, 15) is 5.11 Å². The zero-order valence-corrected chi connectivity index (χ0v) is 18.1. The Morgan fingerprint density at radius 3 is 2.74 bits per heavy atom. The lowest BCUT2D eigenvalue weighted by atomic mass is 10.0. The van der Waals surface area contributed by atoms with E-state index in [1.807, 2.05) is 42.5 Å². The highest BCUT2D eigenvalue weighted by Crippen LogP contribution is 2.35. The van der Waals surface area contributed by atoms with E-state index in [0.29, 0.717) is 34.0 Å². The summed E-state index contributed by atoms with van der Waals surface area (Å²) in [6.45, 7) is 0. The molecule has 1 aromatic heterocycles. The van der Waals surface area contributed by atoms with Gasteiger partial charge in [0.2, 0.25) is 5.89 Å². The molecule has 0 saturated heterocycles. The maximum Gasteiger partial charge on any atom is 0.227 e. The number of hydrogen-bond acceptors (Lipinski definition) is 5. The van der Waals surface area contributed by atoms with Crippen molar-refractivity contribution in [3.05, 3.63) is 82.8 Å². The summed E-state index contributed by atoms with van der Waals surface area (Å²) in [4.78, 5) is 9.20. The maximum absolute atomic E-state index is 10.4. The molecule has 1 N–H and O–H groups in total. The number of aromatic hydroxyl groups is 1. The average Bonchev–Trinajstić information content (AvgIpc) is 3.22. The van der Waals surface area contributed by atoms with E-state index in [2.05, 4.69) is 39.1 Å². The lowest BCUT2D eigenvalue weighted by Crippen LogP contribution is -1.90. The topological polar surface area (TPSA) is 67.9 Å². The van der Waals surface area contributed by atoms with Crippen LogP contribution in [0.2, 0.25) is 0 Å². The quantitative estimate of drug-likeness (QED) is 0.289. The van der Waals surface area contributed by atoms with Crippen LogP contribution in [0.4, 0.5) is 5.69 Å². The van der Waals surface area contributed by atoms with E-state index in [4.69, 9.17) is 14.1 Å². The minimum Gasteiger partial charge on any atom is -0.504 e. The van der Waals surface area contributed by atoms with Crippen LogP contribution in [0.25, 0.3) is 33.3 Å². The van der Waals surface area contributed by atoms with Crippen molar-refractivity contribution in [1.82, 2.24) is 4.98 Å². The van der Waals surface area contributed by atoms with E-state index in [-0.39, 0.29) is 5.75 Å². The van der Waals surface area contributed by atoms with Gasteiger partial charge in [-0.15, -0.1) is 0 Å². The van der Waals surface area contributed by atoms with Crippen molar-refractivity contribution in [3.63, 3.8) is 0 Å². The average molecular weight is 473 g/mol. The first kappa shape index (κ1) is 19.3. The molecule has 152 valence electrons. The van der Waals surface area contributed by atoms with E-state index in [1.54, 1.807) is 18.3 Å². The fourth-order valence-corrected chi connectivity index (χ4v) is 3.94. The van der Waals surface area contributed by atoms with Crippen LogP contribution in [-0.4, -0.2) is 23.4 Å². The summed E-state index contributed by atoms with van der Waals surface area (Å²) < 4.78 is 11.9. The number of fused-ring (bicyclic) bond motifs is 2. The molecule has 0 spiro atoms. The van der Waals surface area contributed by atoms with E-state index >= 15 is 0 Å². The third kappa shape index (κ3) is 3.55. The van der Waals surface area contributed by atoms with Gasteiger partial charge in [0.1, 0.15) is 5.52 Å². The number of oxazole rings is 1. The van der Waals surface area contributed by atoms with Gasteiger partial charge in [-0.05, 0) is 63.1 Å². The predicted octanol–water partition coefficient (Wildman–Crippen LogP) is 6.88. The molecule has 31 heavy (non-hydrogen) atoms. The van der Waals surface area contributed by atoms with Crippen LogP contribution in [0.3, 0.4) is 0 Å². The Bertz CT molecular complexity index is 1450. The van der Waals surface area contributed by atoms with Gasteiger partial charge in [0.05, 0.1) is 18.4 Å². The number of ether oxygens (including phenoxy) is 1. The summed E-state index contributed by atoms with van der Waals surface area (Å²) in [5, 5.41) is 12.6. The standard InChI is InChI=1S/C25H17BrN2O3/c1-30-23-12-10-20(26)19(24(23)29)14-27-16-9-11-22-21(13-16)28-25(31-22)18-8-4-6-15-5-2-3-7-17(15)18/h2-14,29H,1H3. The van der Waals surface area contributed by atoms with Crippen molar-refractivity contribution in [2.24, 2.45) is 4.99 Å². The second-order valence-electron chi connectivity index (χ2n) is 6.97. The van der Waals surface area contributed by atoms with Crippen molar-refractivity contribution >= 4 is 49.7 Å². The first-order valence-corrected chi connectivity index (χ1v) is 10.4. The number of nitrogens with zero attached hydrogens (tertiary/aromatic N) is 2. The summed E-state index contributed by atoms with van der Waals surface area (Å²) in [6.07, 6.45) is 1.59. The Balaban J connectivity index is 1.53. The molecule has 4 aromatic carbocycles. The molecule has 5 nitrogen and oxygen atoms in total. The Hall–Kier alpha value is -3.64. The molecule has 0 unspecified atom stereocenters. The summed E-state index contributed by atoms with van der Waals surface area (Å²) in [5.41, 5.74) is 3.58. The number of phenols is 1. The van der Waals surface area contributed by atoms with Crippen LogP contribution in [0.1, 0.15) is 5.56 Å². The first-order chi connectivity index (χ1) is 15.1. The third-order valence-electron chi connectivity index (χ3n) is 5.08. The highest BCUT2D eigenvalue weighted by Gasteiger charge is 2.12. The van der Waals surface area contributed by atoms with Crippen molar-refractivity contribution < 1.29 is 14.3 Å². The van der Waals surface area contributed by atoms with Crippen molar-refractivity contribution in [3.8, 4) is 23.0 Å². The molecule has 0 saturated carbocycles. The number of phenolic OH excluding ortho intramolecular Hbond substituents is 1. The fraction of sp³-hybridized carbons (Fsp3) is 0.0400. The smallest absolute Gasteiger partial charge is 0.227 e. The highest BCUT2D eigenvalue weighted by molar-refractivity contribution is 9.10. The summed E-state index contributed by atoms with van der Waals surface area (Å²) >= 11 is 3.44. The molecule has 5 aromatic rings. The van der Waals surface area contributed by atoms with Crippen LogP contribution < -0.4 is 4.74 Å². The third-order valence-corrected chi connectivity index (χ3v) is 5.77. The predicted molar refractivity (Wildman–Crippen MR) is 127 cm³/mol. The number of methoxy groups -OCH3 is 1. The Labute approximate surface area is 186 Å². The molecule has 0 aliphatic heterocycles. The zero-order valence-electron chi connectivity index (χ0n) is 16.5. The lowest BCUT2D eigenvalue weighted by molar-refractivity contribution is 0.373. The van der Waals surface area contributed by atoms with Gasteiger partial charge in [-0.2, -0.15) is 0 Å². The first-order valence-electron chi connectivity index (χ1n) is 9.62. The molecular formula is C25H17BrN2O3. The van der Waals surface area contributed by atoms with E-state index in [1.165, 1.54) is 7.11 Å². The van der Waals surface area contributed by atoms with Crippen LogP contribution in [-0.2, 0) is 0 Å².